The quantitative estimate of drug-likeness (QED) is 0.453. The lowest BCUT2D eigenvalue weighted by Crippen LogP contribution is -2.25. The number of nitrogens with one attached hydrogen (secondary N) is 2. The smallest absolute Gasteiger partial charge is 0.229 e. The fraction of sp³-hybridized carbons (Fsp3) is 0.400. The number of rotatable bonds is 6. The molecule has 0 bridgehead atoms. The number of amides is 1. The van der Waals surface area contributed by atoms with Crippen molar-refractivity contribution in [2.24, 2.45) is 5.92 Å². The zero-order valence-corrected chi connectivity index (χ0v) is 19.3. The van der Waals surface area contributed by atoms with Crippen LogP contribution in [0.25, 0.3) is 10.9 Å². The molecule has 3 aromatic rings. The Morgan fingerprint density at radius 2 is 1.91 bits per heavy atom. The summed E-state index contributed by atoms with van der Waals surface area (Å²) in [6.07, 6.45) is 10.6. The molecule has 5 rings (SSSR count). The molecule has 4 N–H and O–H groups in total. The monoisotopic (exact) mass is 473 g/mol. The van der Waals surface area contributed by atoms with E-state index in [-0.39, 0.29) is 23.9 Å². The molecule has 10 heteroatoms. The molecule has 2 aliphatic rings. The molecule has 0 spiro atoms. The molecule has 1 saturated heterocycles. The maximum Gasteiger partial charge on any atom is 0.229 e. The lowest BCUT2D eigenvalue weighted by atomic mass is 9.89. The predicted octanol–water partition coefficient (Wildman–Crippen LogP) is 3.91. The van der Waals surface area contributed by atoms with Gasteiger partial charge in [-0.05, 0) is 18.9 Å². The zero-order valence-electron chi connectivity index (χ0n) is 19.3. The summed E-state index contributed by atoms with van der Waals surface area (Å²) in [6.45, 7) is 1.20. The summed E-state index contributed by atoms with van der Waals surface area (Å²) in [5.74, 6) is 0.785. The first kappa shape index (κ1) is 22.8. The van der Waals surface area contributed by atoms with E-state index in [0.29, 0.717) is 52.5 Å². The number of nitrogens with two attached hydrogens (primary N) is 1. The fourth-order valence-corrected chi connectivity index (χ4v) is 4.52. The van der Waals surface area contributed by atoms with Crippen molar-refractivity contribution >= 4 is 39.8 Å². The SMILES string of the molecule is N#Cc1cnc2cc(OC3CCOC3)c(N)cc2c1Nc1cnc(NC(=O)C2CCCCC2)nc1. The first-order valence-electron chi connectivity index (χ1n) is 11.9. The highest BCUT2D eigenvalue weighted by Gasteiger charge is 2.22. The molecule has 0 radical (unpaired) electrons. The first-order valence-corrected chi connectivity index (χ1v) is 11.9. The number of pyridine rings is 1. The molecule has 1 saturated carbocycles. The van der Waals surface area contributed by atoms with Crippen LogP contribution in [0, 0.1) is 17.2 Å². The highest BCUT2D eigenvalue weighted by atomic mass is 16.5. The number of hydrogen-bond acceptors (Lipinski definition) is 9. The fourth-order valence-electron chi connectivity index (χ4n) is 4.52. The minimum Gasteiger partial charge on any atom is -0.486 e. The van der Waals surface area contributed by atoms with Gasteiger partial charge in [-0.2, -0.15) is 5.26 Å². The van der Waals surface area contributed by atoms with Crippen molar-refractivity contribution in [2.75, 3.05) is 29.6 Å². The number of carbonyl (C=O) groups is 1. The van der Waals surface area contributed by atoms with E-state index in [1.165, 1.54) is 12.6 Å². The van der Waals surface area contributed by atoms with Crippen molar-refractivity contribution in [3.05, 3.63) is 36.3 Å². The zero-order chi connectivity index (χ0) is 24.2. The second-order valence-corrected chi connectivity index (χ2v) is 8.91. The summed E-state index contributed by atoms with van der Waals surface area (Å²) in [5, 5.41) is 16.4. The van der Waals surface area contributed by atoms with Gasteiger partial charge in [-0.3, -0.25) is 15.1 Å². The van der Waals surface area contributed by atoms with Crippen LogP contribution in [0.15, 0.2) is 30.7 Å². The van der Waals surface area contributed by atoms with Crippen molar-refractivity contribution in [1.29, 1.82) is 5.26 Å². The Hall–Kier alpha value is -3.97. The van der Waals surface area contributed by atoms with E-state index >= 15 is 0 Å². The van der Waals surface area contributed by atoms with Crippen LogP contribution in [0.4, 0.5) is 23.0 Å². The second kappa shape index (κ2) is 10.1. The van der Waals surface area contributed by atoms with Gasteiger partial charge < -0.3 is 20.5 Å². The van der Waals surface area contributed by atoms with E-state index in [1.54, 1.807) is 24.5 Å². The first-order chi connectivity index (χ1) is 17.1. The highest BCUT2D eigenvalue weighted by Crippen LogP contribution is 2.35. The Balaban J connectivity index is 1.36. The summed E-state index contributed by atoms with van der Waals surface area (Å²) in [7, 11) is 0. The van der Waals surface area contributed by atoms with Crippen LogP contribution < -0.4 is 21.1 Å². The minimum atomic E-state index is -0.0417. The van der Waals surface area contributed by atoms with Crippen molar-refractivity contribution in [1.82, 2.24) is 15.0 Å². The van der Waals surface area contributed by atoms with Gasteiger partial charge in [0.25, 0.3) is 0 Å². The van der Waals surface area contributed by atoms with Gasteiger partial charge in [0.05, 0.1) is 53.7 Å². The van der Waals surface area contributed by atoms with Gasteiger partial charge >= 0.3 is 0 Å². The number of anilines is 4. The summed E-state index contributed by atoms with van der Waals surface area (Å²) in [6, 6.07) is 5.68. The van der Waals surface area contributed by atoms with Crippen LogP contribution >= 0.6 is 0 Å². The molecule has 2 aromatic heterocycles. The molecule has 10 nitrogen and oxygen atoms in total. The van der Waals surface area contributed by atoms with Crippen molar-refractivity contribution in [3.8, 4) is 11.8 Å². The Morgan fingerprint density at radius 1 is 1.11 bits per heavy atom. The summed E-state index contributed by atoms with van der Waals surface area (Å²) in [4.78, 5) is 25.4. The maximum absolute atomic E-state index is 12.5. The molecular weight excluding hydrogens is 446 g/mol. The number of aromatic nitrogens is 3. The molecule has 2 fully saturated rings. The number of carbonyl (C=O) groups excluding carboxylic acids is 1. The van der Waals surface area contributed by atoms with Crippen LogP contribution in [0.1, 0.15) is 44.1 Å². The number of hydrogen-bond donors (Lipinski definition) is 3. The second-order valence-electron chi connectivity index (χ2n) is 8.91. The molecule has 1 aliphatic carbocycles. The molecule has 3 heterocycles. The summed E-state index contributed by atoms with van der Waals surface area (Å²) < 4.78 is 11.4. The average Bonchev–Trinajstić information content (AvgIpc) is 3.40. The van der Waals surface area contributed by atoms with Gasteiger partial charge in [0.2, 0.25) is 11.9 Å². The average molecular weight is 474 g/mol. The van der Waals surface area contributed by atoms with Crippen molar-refractivity contribution in [3.63, 3.8) is 0 Å². The van der Waals surface area contributed by atoms with Crippen LogP contribution in [0.2, 0.25) is 0 Å². The highest BCUT2D eigenvalue weighted by molar-refractivity contribution is 5.98. The largest absolute Gasteiger partial charge is 0.486 e. The third kappa shape index (κ3) is 5.10. The Kier molecular flexibility index (Phi) is 6.59. The van der Waals surface area contributed by atoms with E-state index in [9.17, 15) is 10.1 Å². The van der Waals surface area contributed by atoms with Gasteiger partial charge in [-0.25, -0.2) is 9.97 Å². The molecule has 1 aliphatic heterocycles. The van der Waals surface area contributed by atoms with Crippen molar-refractivity contribution < 1.29 is 14.3 Å². The number of nitrogen functional groups attached to an aromatic ring is 1. The third-order valence-corrected chi connectivity index (χ3v) is 6.43. The van der Waals surface area contributed by atoms with E-state index in [4.69, 9.17) is 15.2 Å². The molecular formula is C25H27N7O3. The third-order valence-electron chi connectivity index (χ3n) is 6.43. The van der Waals surface area contributed by atoms with E-state index in [2.05, 4.69) is 31.7 Å². The number of benzene rings is 1. The number of fused-ring (bicyclic) bond motifs is 1. The van der Waals surface area contributed by atoms with Gasteiger partial charge in [0.15, 0.2) is 0 Å². The lowest BCUT2D eigenvalue weighted by molar-refractivity contribution is -0.120. The van der Waals surface area contributed by atoms with Crippen LogP contribution in [0.5, 0.6) is 5.75 Å². The van der Waals surface area contributed by atoms with Gasteiger partial charge in [0, 0.05) is 30.0 Å². The van der Waals surface area contributed by atoms with E-state index < -0.39 is 0 Å². The number of ether oxygens (including phenoxy) is 2. The predicted molar refractivity (Wildman–Crippen MR) is 131 cm³/mol. The normalized spacial score (nSPS) is 18.2. The lowest BCUT2D eigenvalue weighted by Gasteiger charge is -2.20. The molecule has 1 amide bonds. The van der Waals surface area contributed by atoms with E-state index in [1.807, 2.05) is 0 Å². The van der Waals surface area contributed by atoms with Crippen LogP contribution in [0.3, 0.4) is 0 Å². The van der Waals surface area contributed by atoms with Gasteiger partial charge in [-0.15, -0.1) is 0 Å². The Morgan fingerprint density at radius 3 is 2.63 bits per heavy atom. The Bertz CT molecular complexity index is 1260. The molecule has 1 unspecified atom stereocenters. The summed E-state index contributed by atoms with van der Waals surface area (Å²) in [5.41, 5.74) is 8.81. The minimum absolute atomic E-state index is 0.0204. The van der Waals surface area contributed by atoms with Crippen LogP contribution in [-0.2, 0) is 9.53 Å². The Labute approximate surface area is 202 Å². The maximum atomic E-state index is 12.5. The van der Waals surface area contributed by atoms with Gasteiger partial charge in [0.1, 0.15) is 17.9 Å². The molecule has 180 valence electrons. The topological polar surface area (TPSA) is 148 Å². The summed E-state index contributed by atoms with van der Waals surface area (Å²) >= 11 is 0. The molecule has 35 heavy (non-hydrogen) atoms. The van der Waals surface area contributed by atoms with Crippen LogP contribution in [-0.4, -0.2) is 40.2 Å². The molecule has 1 atom stereocenters. The molecule has 1 aromatic carbocycles. The number of nitrogens with zero attached hydrogens (tertiary/aromatic N) is 4. The van der Waals surface area contributed by atoms with Crippen molar-refractivity contribution in [2.45, 2.75) is 44.6 Å². The standard InChI is InChI=1S/C25H27N7O3/c26-10-16-11-28-21-9-22(35-18-6-7-34-14-18)20(27)8-19(21)23(16)31-17-12-29-25(30-13-17)32-24(33)15-4-2-1-3-5-15/h8-9,11-13,15,18H,1-7,14,27H2,(H,28,31)(H,29,30,32,33). The number of nitriles is 1. The van der Waals surface area contributed by atoms with Gasteiger partial charge in [-0.1, -0.05) is 19.3 Å². The van der Waals surface area contributed by atoms with E-state index in [0.717, 1.165) is 32.1 Å².